The summed E-state index contributed by atoms with van der Waals surface area (Å²) >= 11 is 0. The van der Waals surface area contributed by atoms with Crippen molar-refractivity contribution in [2.75, 3.05) is 13.3 Å². The van der Waals surface area contributed by atoms with Crippen molar-refractivity contribution in [3.05, 3.63) is 32.6 Å². The molecule has 1 aromatic rings. The molecule has 0 radical (unpaired) electrons. The lowest BCUT2D eigenvalue weighted by atomic mass is 10.2. The molecule has 1 fully saturated rings. The molecule has 7 nitrogen and oxygen atoms in total. The zero-order valence-electron chi connectivity index (χ0n) is 10.1. The molecule has 2 heterocycles. The van der Waals surface area contributed by atoms with Crippen molar-refractivity contribution in [2.45, 2.75) is 31.3 Å². The van der Waals surface area contributed by atoms with Crippen molar-refractivity contribution in [2.24, 2.45) is 0 Å². The average molecular weight is 274 g/mol. The number of nitrogens with zero attached hydrogens (tertiary/aromatic N) is 1. The number of aliphatic hydroxyl groups is 2. The number of ether oxygens (including phenoxy) is 1. The number of nitrogens with one attached hydrogen (secondary N) is 1. The Morgan fingerprint density at radius 1 is 1.53 bits per heavy atom. The number of halogens is 1. The molecule has 0 bridgehead atoms. The van der Waals surface area contributed by atoms with E-state index in [0.717, 1.165) is 4.57 Å². The Balaban J connectivity index is 2.33. The Kier molecular flexibility index (Phi) is 4.13. The molecule has 0 aliphatic carbocycles. The maximum absolute atomic E-state index is 12.3. The van der Waals surface area contributed by atoms with E-state index in [4.69, 9.17) is 9.84 Å². The van der Waals surface area contributed by atoms with Gasteiger partial charge in [-0.2, -0.15) is 0 Å². The highest BCUT2D eigenvalue weighted by Crippen LogP contribution is 2.27. The molecule has 19 heavy (non-hydrogen) atoms. The van der Waals surface area contributed by atoms with Crippen LogP contribution in [-0.2, 0) is 11.2 Å². The number of hydrogen-bond donors (Lipinski definition) is 3. The summed E-state index contributed by atoms with van der Waals surface area (Å²) in [5.74, 6) is 0. The van der Waals surface area contributed by atoms with Gasteiger partial charge in [-0.25, -0.2) is 4.79 Å². The third kappa shape index (κ3) is 2.75. The molecule has 0 amide bonds. The summed E-state index contributed by atoms with van der Waals surface area (Å²) in [6, 6.07) is 0. The first-order valence-corrected chi connectivity index (χ1v) is 5.91. The van der Waals surface area contributed by atoms with Crippen molar-refractivity contribution < 1.29 is 19.3 Å². The van der Waals surface area contributed by atoms with Gasteiger partial charge in [0, 0.05) is 24.6 Å². The van der Waals surface area contributed by atoms with Gasteiger partial charge in [0.1, 0.15) is 12.3 Å². The lowest BCUT2D eigenvalue weighted by Gasteiger charge is -2.15. The number of aryl methyl sites for hydroxylation is 1. The van der Waals surface area contributed by atoms with Crippen molar-refractivity contribution in [3.63, 3.8) is 0 Å². The van der Waals surface area contributed by atoms with E-state index >= 15 is 0 Å². The van der Waals surface area contributed by atoms with Gasteiger partial charge in [0.2, 0.25) is 0 Å². The number of H-pyrrole nitrogens is 1. The first-order chi connectivity index (χ1) is 9.06. The molecule has 1 aliphatic rings. The zero-order chi connectivity index (χ0) is 14.0. The third-order valence-corrected chi connectivity index (χ3v) is 3.10. The molecule has 3 atom stereocenters. The first-order valence-electron chi connectivity index (χ1n) is 5.91. The van der Waals surface area contributed by atoms with Crippen molar-refractivity contribution in [1.29, 1.82) is 0 Å². The van der Waals surface area contributed by atoms with Crippen LogP contribution in [0.25, 0.3) is 0 Å². The minimum absolute atomic E-state index is 0.103. The number of aliphatic hydroxyl groups excluding tert-OH is 2. The monoisotopic (exact) mass is 274 g/mol. The Morgan fingerprint density at radius 3 is 2.84 bits per heavy atom. The van der Waals surface area contributed by atoms with Crippen LogP contribution in [0.15, 0.2) is 15.8 Å². The maximum Gasteiger partial charge on any atom is 0.330 e. The van der Waals surface area contributed by atoms with Crippen LogP contribution in [0.2, 0.25) is 0 Å². The van der Waals surface area contributed by atoms with Crippen LogP contribution in [0.4, 0.5) is 4.39 Å². The number of aromatic nitrogens is 2. The lowest BCUT2D eigenvalue weighted by Crippen LogP contribution is -2.34. The van der Waals surface area contributed by atoms with Gasteiger partial charge in [-0.3, -0.25) is 18.7 Å². The molecule has 1 aliphatic heterocycles. The second kappa shape index (κ2) is 5.64. The third-order valence-electron chi connectivity index (χ3n) is 3.10. The molecule has 0 spiro atoms. The van der Waals surface area contributed by atoms with E-state index < -0.39 is 36.4 Å². The normalized spacial score (nSPS) is 26.8. The topological polar surface area (TPSA) is 105 Å². The van der Waals surface area contributed by atoms with Crippen LogP contribution < -0.4 is 11.2 Å². The van der Waals surface area contributed by atoms with E-state index in [1.54, 1.807) is 0 Å². The molecule has 2 rings (SSSR count). The number of alkyl halides is 1. The van der Waals surface area contributed by atoms with E-state index in [9.17, 15) is 19.1 Å². The summed E-state index contributed by atoms with van der Waals surface area (Å²) < 4.78 is 18.7. The molecule has 0 unspecified atom stereocenters. The van der Waals surface area contributed by atoms with Gasteiger partial charge in [0.05, 0.1) is 19.4 Å². The van der Waals surface area contributed by atoms with Gasteiger partial charge in [-0.1, -0.05) is 0 Å². The summed E-state index contributed by atoms with van der Waals surface area (Å²) in [6.07, 6.45) is -1.19. The number of hydrogen-bond acceptors (Lipinski definition) is 5. The highest BCUT2D eigenvalue weighted by Gasteiger charge is 2.35. The van der Waals surface area contributed by atoms with Crippen LogP contribution in [0.3, 0.4) is 0 Å². The first kappa shape index (κ1) is 13.9. The Bertz CT molecular complexity index is 555. The highest BCUT2D eigenvalue weighted by atomic mass is 19.1. The largest absolute Gasteiger partial charge is 0.394 e. The van der Waals surface area contributed by atoms with Crippen LogP contribution >= 0.6 is 0 Å². The van der Waals surface area contributed by atoms with Crippen molar-refractivity contribution in [3.8, 4) is 0 Å². The van der Waals surface area contributed by atoms with E-state index in [1.807, 2.05) is 0 Å². The van der Waals surface area contributed by atoms with E-state index in [0.29, 0.717) is 0 Å². The molecule has 0 saturated carbocycles. The summed E-state index contributed by atoms with van der Waals surface area (Å²) in [7, 11) is 0. The summed E-state index contributed by atoms with van der Waals surface area (Å²) in [5, 5.41) is 18.6. The Hall–Kier alpha value is -1.51. The highest BCUT2D eigenvalue weighted by molar-refractivity contribution is 5.05. The molecular weight excluding hydrogens is 259 g/mol. The second-order valence-corrected chi connectivity index (χ2v) is 4.37. The maximum atomic E-state index is 12.3. The predicted molar refractivity (Wildman–Crippen MR) is 62.6 cm³/mol. The molecule has 106 valence electrons. The molecule has 8 heteroatoms. The number of rotatable bonds is 4. The van der Waals surface area contributed by atoms with Crippen LogP contribution in [0, 0.1) is 0 Å². The fourth-order valence-electron chi connectivity index (χ4n) is 2.07. The molecule has 1 saturated heterocycles. The minimum Gasteiger partial charge on any atom is -0.394 e. The van der Waals surface area contributed by atoms with Gasteiger partial charge in [-0.05, 0) is 0 Å². The fraction of sp³-hybridized carbons (Fsp3) is 0.636. The SMILES string of the molecule is O=c1[nH]c(=O)n([C@@H]2C[C@@H](O)[C@H](CO)O2)cc1CCF. The molecule has 0 aromatic carbocycles. The Morgan fingerprint density at radius 2 is 2.26 bits per heavy atom. The van der Waals surface area contributed by atoms with Gasteiger partial charge >= 0.3 is 5.69 Å². The van der Waals surface area contributed by atoms with Crippen LogP contribution in [0.5, 0.6) is 0 Å². The van der Waals surface area contributed by atoms with E-state index in [1.165, 1.54) is 6.20 Å². The molecule has 1 aromatic heterocycles. The van der Waals surface area contributed by atoms with Gasteiger partial charge in [0.25, 0.3) is 5.56 Å². The second-order valence-electron chi connectivity index (χ2n) is 4.37. The quantitative estimate of drug-likeness (QED) is 0.632. The lowest BCUT2D eigenvalue weighted by molar-refractivity contribution is -0.0460. The van der Waals surface area contributed by atoms with Gasteiger partial charge in [-0.15, -0.1) is 0 Å². The molecular formula is C11H15FN2O5. The van der Waals surface area contributed by atoms with Crippen molar-refractivity contribution in [1.82, 2.24) is 9.55 Å². The van der Waals surface area contributed by atoms with Crippen LogP contribution in [0.1, 0.15) is 18.2 Å². The Labute approximate surface area is 107 Å². The average Bonchev–Trinajstić information content (AvgIpc) is 2.74. The smallest absolute Gasteiger partial charge is 0.330 e. The van der Waals surface area contributed by atoms with E-state index in [-0.39, 0.29) is 25.0 Å². The predicted octanol–water partition coefficient (Wildman–Crippen LogP) is -1.31. The fourth-order valence-corrected chi connectivity index (χ4v) is 2.07. The van der Waals surface area contributed by atoms with Gasteiger partial charge in [0.15, 0.2) is 0 Å². The van der Waals surface area contributed by atoms with Crippen LogP contribution in [-0.4, -0.2) is 45.3 Å². The van der Waals surface area contributed by atoms with Crippen molar-refractivity contribution >= 4 is 0 Å². The zero-order valence-corrected chi connectivity index (χ0v) is 10.1. The van der Waals surface area contributed by atoms with E-state index in [2.05, 4.69) is 4.98 Å². The molecule has 3 N–H and O–H groups in total. The summed E-state index contributed by atoms with van der Waals surface area (Å²) in [4.78, 5) is 25.2. The standard InChI is InChI=1S/C11H15FN2O5/c12-2-1-6-4-14(11(18)13-10(6)17)9-3-7(16)8(5-15)19-9/h4,7-9,15-16H,1-3,5H2,(H,13,17,18)/t7-,8+,9+/m1/s1. The summed E-state index contributed by atoms with van der Waals surface area (Å²) in [5.41, 5.74) is -1.19. The van der Waals surface area contributed by atoms with Gasteiger partial charge < -0.3 is 14.9 Å². The summed E-state index contributed by atoms with van der Waals surface area (Å²) in [6.45, 7) is -1.08. The number of aromatic amines is 1. The minimum atomic E-state index is -0.890.